The monoisotopic (exact) mass is 482 g/mol. The predicted molar refractivity (Wildman–Crippen MR) is 129 cm³/mol. The number of likely N-dealkylation sites (N-methyl/N-ethyl adjacent to an activating group) is 1. The fraction of sp³-hybridized carbons (Fsp3) is 0.385. The summed E-state index contributed by atoms with van der Waals surface area (Å²) in [6.07, 6.45) is 0. The zero-order chi connectivity index (χ0) is 25.1. The van der Waals surface area contributed by atoms with Gasteiger partial charge in [0.2, 0.25) is 6.79 Å². The first kappa shape index (κ1) is 24.4. The van der Waals surface area contributed by atoms with Gasteiger partial charge in [-0.2, -0.15) is 0 Å². The van der Waals surface area contributed by atoms with Crippen LogP contribution in [0, 0.1) is 0 Å². The third-order valence-electron chi connectivity index (χ3n) is 5.86. The molecule has 4 rings (SSSR count). The molecule has 0 saturated carbocycles. The minimum Gasteiger partial charge on any atom is -0.507 e. The van der Waals surface area contributed by atoms with Gasteiger partial charge in [0.15, 0.2) is 23.0 Å². The van der Waals surface area contributed by atoms with Crippen LogP contribution in [-0.4, -0.2) is 73.8 Å². The number of hydrogen-bond donors (Lipinski definition) is 1. The maximum absolute atomic E-state index is 13.2. The van der Waals surface area contributed by atoms with Crippen molar-refractivity contribution in [3.63, 3.8) is 0 Å². The van der Waals surface area contributed by atoms with Gasteiger partial charge in [-0.25, -0.2) is 0 Å². The molecule has 1 atom stereocenters. The standard InChI is InChI=1S/C26H30N2O7/c1-5-32-18-9-7-16(13-20(18)33-6-2)23-22(25(30)26(31)28(23)12-11-27(3)4)24(29)17-8-10-19-21(14-17)35-15-34-19/h7-10,13-14,23,29H,5-6,11-12,15H2,1-4H3/b24-22+. The number of nitrogens with zero attached hydrogens (tertiary/aromatic N) is 2. The number of carbonyl (C=O) groups excluding carboxylic acids is 2. The van der Waals surface area contributed by atoms with E-state index in [1.54, 1.807) is 36.4 Å². The highest BCUT2D eigenvalue weighted by Crippen LogP contribution is 2.43. The van der Waals surface area contributed by atoms with Crippen molar-refractivity contribution in [3.05, 3.63) is 53.1 Å². The number of fused-ring (bicyclic) bond motifs is 1. The Bertz CT molecular complexity index is 1160. The second kappa shape index (κ2) is 10.3. The van der Waals surface area contributed by atoms with Crippen molar-refractivity contribution < 1.29 is 33.6 Å². The van der Waals surface area contributed by atoms with Crippen LogP contribution in [0.1, 0.15) is 31.0 Å². The second-order valence-electron chi connectivity index (χ2n) is 8.44. The Morgan fingerprint density at radius 1 is 1.03 bits per heavy atom. The molecule has 35 heavy (non-hydrogen) atoms. The number of Topliss-reactive ketones (excluding diaryl/α,β-unsaturated/α-hetero) is 1. The molecule has 2 aromatic carbocycles. The smallest absolute Gasteiger partial charge is 0.295 e. The Morgan fingerprint density at radius 3 is 2.46 bits per heavy atom. The van der Waals surface area contributed by atoms with E-state index in [4.69, 9.17) is 18.9 Å². The van der Waals surface area contributed by atoms with E-state index < -0.39 is 17.7 Å². The first-order chi connectivity index (χ1) is 16.8. The first-order valence-electron chi connectivity index (χ1n) is 11.6. The van der Waals surface area contributed by atoms with Crippen LogP contribution in [0.15, 0.2) is 42.0 Å². The predicted octanol–water partition coefficient (Wildman–Crippen LogP) is 3.20. The van der Waals surface area contributed by atoms with Gasteiger partial charge >= 0.3 is 0 Å². The summed E-state index contributed by atoms with van der Waals surface area (Å²) in [5, 5.41) is 11.3. The van der Waals surface area contributed by atoms with Crippen LogP contribution in [-0.2, 0) is 9.59 Å². The van der Waals surface area contributed by atoms with Gasteiger partial charge < -0.3 is 33.9 Å². The maximum atomic E-state index is 13.2. The van der Waals surface area contributed by atoms with E-state index in [0.29, 0.717) is 60.4 Å². The molecule has 9 heteroatoms. The summed E-state index contributed by atoms with van der Waals surface area (Å²) >= 11 is 0. The molecule has 0 aromatic heterocycles. The molecule has 0 spiro atoms. The summed E-state index contributed by atoms with van der Waals surface area (Å²) in [5.41, 5.74) is 1.01. The molecule has 9 nitrogen and oxygen atoms in total. The number of aliphatic hydroxyl groups excluding tert-OH is 1. The van der Waals surface area contributed by atoms with Gasteiger partial charge in [0.05, 0.1) is 24.8 Å². The van der Waals surface area contributed by atoms with E-state index >= 15 is 0 Å². The molecule has 2 heterocycles. The summed E-state index contributed by atoms with van der Waals surface area (Å²) < 4.78 is 22.2. The molecule has 0 radical (unpaired) electrons. The Balaban J connectivity index is 1.84. The highest BCUT2D eigenvalue weighted by molar-refractivity contribution is 6.46. The third kappa shape index (κ3) is 4.77. The average molecular weight is 483 g/mol. The summed E-state index contributed by atoms with van der Waals surface area (Å²) in [7, 11) is 3.78. The molecule has 1 unspecified atom stereocenters. The average Bonchev–Trinajstić information content (AvgIpc) is 3.41. The fourth-order valence-electron chi connectivity index (χ4n) is 4.20. The number of hydrogen-bond acceptors (Lipinski definition) is 8. The molecule has 186 valence electrons. The minimum atomic E-state index is -0.796. The zero-order valence-electron chi connectivity index (χ0n) is 20.4. The quantitative estimate of drug-likeness (QED) is 0.331. The second-order valence-corrected chi connectivity index (χ2v) is 8.44. The molecule has 0 aliphatic carbocycles. The van der Waals surface area contributed by atoms with Gasteiger partial charge in [0, 0.05) is 18.7 Å². The molecule has 0 bridgehead atoms. The van der Waals surface area contributed by atoms with Crippen LogP contribution in [0.3, 0.4) is 0 Å². The largest absolute Gasteiger partial charge is 0.507 e. The van der Waals surface area contributed by atoms with Crippen LogP contribution >= 0.6 is 0 Å². The fourth-order valence-corrected chi connectivity index (χ4v) is 4.20. The molecular formula is C26H30N2O7. The molecule has 1 saturated heterocycles. The number of rotatable bonds is 9. The highest BCUT2D eigenvalue weighted by atomic mass is 16.7. The number of ketones is 1. The van der Waals surface area contributed by atoms with Crippen molar-refractivity contribution in [2.24, 2.45) is 0 Å². The zero-order valence-corrected chi connectivity index (χ0v) is 20.4. The van der Waals surface area contributed by atoms with Crippen molar-refractivity contribution in [1.82, 2.24) is 9.80 Å². The van der Waals surface area contributed by atoms with Gasteiger partial charge in [-0.15, -0.1) is 0 Å². The topological polar surface area (TPSA) is 97.8 Å². The molecule has 1 fully saturated rings. The molecule has 1 N–H and O–H groups in total. The van der Waals surface area contributed by atoms with E-state index in [0.717, 1.165) is 0 Å². The van der Waals surface area contributed by atoms with Crippen molar-refractivity contribution >= 4 is 17.4 Å². The number of benzene rings is 2. The van der Waals surface area contributed by atoms with Crippen LogP contribution < -0.4 is 18.9 Å². The molecular weight excluding hydrogens is 452 g/mol. The normalized spacial score (nSPS) is 18.4. The molecule has 2 aliphatic heterocycles. The van der Waals surface area contributed by atoms with Crippen molar-refractivity contribution in [2.45, 2.75) is 19.9 Å². The van der Waals surface area contributed by atoms with Crippen molar-refractivity contribution in [3.8, 4) is 23.0 Å². The Labute approximate surface area is 204 Å². The van der Waals surface area contributed by atoms with Crippen molar-refractivity contribution in [2.75, 3.05) is 47.2 Å². The lowest BCUT2D eigenvalue weighted by atomic mass is 9.95. The lowest BCUT2D eigenvalue weighted by Gasteiger charge is -2.27. The summed E-state index contributed by atoms with van der Waals surface area (Å²) in [5.74, 6) is 0.421. The van der Waals surface area contributed by atoms with Gasteiger partial charge in [0.1, 0.15) is 5.76 Å². The van der Waals surface area contributed by atoms with E-state index in [-0.39, 0.29) is 18.1 Å². The van der Waals surface area contributed by atoms with Gasteiger partial charge in [-0.3, -0.25) is 9.59 Å². The van der Waals surface area contributed by atoms with Crippen LogP contribution in [0.25, 0.3) is 5.76 Å². The van der Waals surface area contributed by atoms with Crippen LogP contribution in [0.5, 0.6) is 23.0 Å². The lowest BCUT2D eigenvalue weighted by molar-refractivity contribution is -0.140. The molecule has 2 aromatic rings. The number of ether oxygens (including phenoxy) is 4. The Kier molecular flexibility index (Phi) is 7.16. The van der Waals surface area contributed by atoms with Gasteiger partial charge in [0.25, 0.3) is 11.7 Å². The van der Waals surface area contributed by atoms with Gasteiger partial charge in [-0.05, 0) is 63.8 Å². The molecule has 2 aliphatic rings. The SMILES string of the molecule is CCOc1ccc(C2/C(=C(\O)c3ccc4c(c3)OCO4)C(=O)C(=O)N2CCN(C)C)cc1OCC. The number of carbonyl (C=O) groups is 2. The van der Waals surface area contributed by atoms with Crippen molar-refractivity contribution in [1.29, 1.82) is 0 Å². The summed E-state index contributed by atoms with van der Waals surface area (Å²) in [6, 6.07) is 9.42. The van der Waals surface area contributed by atoms with E-state index in [9.17, 15) is 14.7 Å². The van der Waals surface area contributed by atoms with Crippen LogP contribution in [0.4, 0.5) is 0 Å². The summed E-state index contributed by atoms with van der Waals surface area (Å²) in [4.78, 5) is 29.8. The first-order valence-corrected chi connectivity index (χ1v) is 11.6. The molecule has 1 amide bonds. The summed E-state index contributed by atoms with van der Waals surface area (Å²) in [6.45, 7) is 5.56. The van der Waals surface area contributed by atoms with Crippen LogP contribution in [0.2, 0.25) is 0 Å². The number of aliphatic hydroxyl groups is 1. The minimum absolute atomic E-state index is 0.0132. The van der Waals surface area contributed by atoms with E-state index in [1.165, 1.54) is 4.90 Å². The van der Waals surface area contributed by atoms with Gasteiger partial charge in [-0.1, -0.05) is 6.07 Å². The maximum Gasteiger partial charge on any atom is 0.295 e. The third-order valence-corrected chi connectivity index (χ3v) is 5.86. The number of amides is 1. The number of likely N-dealkylation sites (tertiary alicyclic amines) is 1. The highest BCUT2D eigenvalue weighted by Gasteiger charge is 2.46. The van der Waals surface area contributed by atoms with E-state index in [2.05, 4.69) is 0 Å². The Hall–Kier alpha value is -3.72. The lowest BCUT2D eigenvalue weighted by Crippen LogP contribution is -2.35. The van der Waals surface area contributed by atoms with E-state index in [1.807, 2.05) is 32.8 Å². The Morgan fingerprint density at radius 2 is 1.74 bits per heavy atom.